The highest BCUT2D eigenvalue weighted by molar-refractivity contribution is 9.10. The van der Waals surface area contributed by atoms with Crippen molar-refractivity contribution < 1.29 is 13.6 Å². The Morgan fingerprint density at radius 1 is 1.29 bits per heavy atom. The van der Waals surface area contributed by atoms with Gasteiger partial charge in [0.1, 0.15) is 17.4 Å². The number of Topliss-reactive ketones (excluding diaryl/α,β-unsaturated/α-hetero) is 1. The molecule has 0 radical (unpaired) electrons. The number of hydrogen-bond donors (Lipinski definition) is 0. The van der Waals surface area contributed by atoms with E-state index in [1.807, 2.05) is 6.92 Å². The number of carbonyl (C=O) groups is 1. The molecule has 0 fully saturated rings. The van der Waals surface area contributed by atoms with Crippen LogP contribution in [0.3, 0.4) is 0 Å². The van der Waals surface area contributed by atoms with E-state index in [0.717, 1.165) is 6.42 Å². The van der Waals surface area contributed by atoms with E-state index in [4.69, 9.17) is 0 Å². The minimum Gasteiger partial charge on any atom is -0.300 e. The summed E-state index contributed by atoms with van der Waals surface area (Å²) in [5.74, 6) is -0.954. The van der Waals surface area contributed by atoms with E-state index < -0.39 is 11.6 Å². The number of rotatable bonds is 6. The van der Waals surface area contributed by atoms with E-state index in [9.17, 15) is 13.6 Å². The molecule has 0 unspecified atom stereocenters. The molecule has 0 aliphatic carbocycles. The molecule has 94 valence electrons. The Bertz CT molecular complexity index is 405. The van der Waals surface area contributed by atoms with Crippen molar-refractivity contribution in [2.45, 2.75) is 39.0 Å². The van der Waals surface area contributed by atoms with Crippen LogP contribution in [-0.4, -0.2) is 5.78 Å². The van der Waals surface area contributed by atoms with Crippen LogP contribution in [0.5, 0.6) is 0 Å². The quantitative estimate of drug-likeness (QED) is 0.711. The number of benzene rings is 1. The van der Waals surface area contributed by atoms with E-state index in [-0.39, 0.29) is 22.2 Å². The Morgan fingerprint density at radius 3 is 2.65 bits per heavy atom. The van der Waals surface area contributed by atoms with Crippen molar-refractivity contribution >= 4 is 21.7 Å². The zero-order valence-electron chi connectivity index (χ0n) is 9.73. The highest BCUT2D eigenvalue weighted by Gasteiger charge is 2.12. The molecular formula is C13H15BrF2O. The SMILES string of the molecule is CCCC(=O)CCCc1c(F)ccc(Br)c1F. The molecule has 0 atom stereocenters. The topological polar surface area (TPSA) is 17.1 Å². The van der Waals surface area contributed by atoms with Crippen LogP contribution in [-0.2, 0) is 11.2 Å². The molecular weight excluding hydrogens is 290 g/mol. The van der Waals surface area contributed by atoms with Crippen LogP contribution in [0.4, 0.5) is 8.78 Å². The Morgan fingerprint density at radius 2 is 2.00 bits per heavy atom. The van der Waals surface area contributed by atoms with E-state index >= 15 is 0 Å². The summed E-state index contributed by atoms with van der Waals surface area (Å²) in [5, 5.41) is 0. The van der Waals surface area contributed by atoms with Gasteiger partial charge in [-0.15, -0.1) is 0 Å². The van der Waals surface area contributed by atoms with Crippen molar-refractivity contribution in [2.75, 3.05) is 0 Å². The van der Waals surface area contributed by atoms with E-state index in [1.165, 1.54) is 12.1 Å². The first-order valence-electron chi connectivity index (χ1n) is 5.70. The zero-order valence-corrected chi connectivity index (χ0v) is 11.3. The number of hydrogen-bond acceptors (Lipinski definition) is 1. The molecule has 0 aliphatic heterocycles. The van der Waals surface area contributed by atoms with Crippen molar-refractivity contribution in [3.63, 3.8) is 0 Å². The molecule has 0 N–H and O–H groups in total. The molecule has 1 aromatic rings. The normalized spacial score (nSPS) is 10.6. The van der Waals surface area contributed by atoms with E-state index in [1.54, 1.807) is 0 Å². The first-order chi connectivity index (χ1) is 8.06. The molecule has 0 saturated carbocycles. The van der Waals surface area contributed by atoms with Gasteiger partial charge in [0.05, 0.1) is 4.47 Å². The van der Waals surface area contributed by atoms with Gasteiger partial charge in [-0.1, -0.05) is 6.92 Å². The maximum absolute atomic E-state index is 13.6. The molecule has 17 heavy (non-hydrogen) atoms. The molecule has 1 rings (SSSR count). The van der Waals surface area contributed by atoms with Crippen molar-refractivity contribution in [3.05, 3.63) is 33.8 Å². The van der Waals surface area contributed by atoms with Crippen LogP contribution in [0.1, 0.15) is 38.2 Å². The average molecular weight is 305 g/mol. The fraction of sp³-hybridized carbons (Fsp3) is 0.462. The average Bonchev–Trinajstić information content (AvgIpc) is 2.29. The Balaban J connectivity index is 2.58. The number of ketones is 1. The third-order valence-electron chi connectivity index (χ3n) is 2.55. The summed E-state index contributed by atoms with van der Waals surface area (Å²) in [6, 6.07) is 2.58. The van der Waals surface area contributed by atoms with Gasteiger partial charge in [-0.2, -0.15) is 0 Å². The molecule has 0 saturated heterocycles. The fourth-order valence-electron chi connectivity index (χ4n) is 1.66. The lowest BCUT2D eigenvalue weighted by Gasteiger charge is -2.06. The molecule has 0 aromatic heterocycles. The second kappa shape index (κ2) is 6.84. The summed E-state index contributed by atoms with van der Waals surface area (Å²) >= 11 is 3.02. The smallest absolute Gasteiger partial charge is 0.143 e. The summed E-state index contributed by atoms with van der Waals surface area (Å²) < 4.78 is 27.2. The molecule has 1 nitrogen and oxygen atoms in total. The lowest BCUT2D eigenvalue weighted by atomic mass is 10.0. The number of halogens is 3. The highest BCUT2D eigenvalue weighted by atomic mass is 79.9. The summed E-state index contributed by atoms with van der Waals surface area (Å²) in [6.45, 7) is 1.94. The zero-order chi connectivity index (χ0) is 12.8. The van der Waals surface area contributed by atoms with E-state index in [2.05, 4.69) is 15.9 Å². The summed E-state index contributed by atoms with van der Waals surface area (Å²) in [6.07, 6.45) is 2.50. The molecule has 0 heterocycles. The van der Waals surface area contributed by atoms with E-state index in [0.29, 0.717) is 19.3 Å². The fourth-order valence-corrected chi connectivity index (χ4v) is 2.04. The molecule has 0 aliphatic rings. The van der Waals surface area contributed by atoms with Gasteiger partial charge in [-0.05, 0) is 47.3 Å². The van der Waals surface area contributed by atoms with Gasteiger partial charge in [0, 0.05) is 18.4 Å². The van der Waals surface area contributed by atoms with Gasteiger partial charge >= 0.3 is 0 Å². The van der Waals surface area contributed by atoms with Crippen LogP contribution < -0.4 is 0 Å². The standard InChI is InChI=1S/C13H15BrF2O/c1-2-4-9(17)5-3-6-10-12(15)8-7-11(14)13(10)16/h7-8H,2-6H2,1H3. The minimum atomic E-state index is -0.562. The van der Waals surface area contributed by atoms with Gasteiger partial charge in [0.15, 0.2) is 0 Å². The van der Waals surface area contributed by atoms with Gasteiger partial charge in [-0.25, -0.2) is 8.78 Å². The predicted octanol–water partition coefficient (Wildman–Crippen LogP) is 4.42. The second-order valence-electron chi connectivity index (χ2n) is 3.96. The first kappa shape index (κ1) is 14.3. The minimum absolute atomic E-state index is 0.0590. The highest BCUT2D eigenvalue weighted by Crippen LogP contribution is 2.23. The number of carbonyl (C=O) groups excluding carboxylic acids is 1. The lowest BCUT2D eigenvalue weighted by molar-refractivity contribution is -0.119. The van der Waals surface area contributed by atoms with Crippen LogP contribution in [0.2, 0.25) is 0 Å². The summed E-state index contributed by atoms with van der Waals surface area (Å²) in [4.78, 5) is 11.3. The molecule has 1 aromatic carbocycles. The third-order valence-corrected chi connectivity index (χ3v) is 3.16. The summed E-state index contributed by atoms with van der Waals surface area (Å²) in [5.41, 5.74) is 0.0590. The van der Waals surface area contributed by atoms with Gasteiger partial charge in [-0.3, -0.25) is 4.79 Å². The van der Waals surface area contributed by atoms with Gasteiger partial charge in [0.25, 0.3) is 0 Å². The lowest BCUT2D eigenvalue weighted by Crippen LogP contribution is -2.01. The maximum atomic E-state index is 13.6. The maximum Gasteiger partial charge on any atom is 0.143 e. The first-order valence-corrected chi connectivity index (χ1v) is 6.49. The Kier molecular flexibility index (Phi) is 5.75. The van der Waals surface area contributed by atoms with Crippen LogP contribution in [0.25, 0.3) is 0 Å². The molecule has 0 bridgehead atoms. The van der Waals surface area contributed by atoms with Crippen LogP contribution in [0.15, 0.2) is 16.6 Å². The monoisotopic (exact) mass is 304 g/mol. The van der Waals surface area contributed by atoms with Gasteiger partial charge < -0.3 is 0 Å². The third kappa shape index (κ3) is 4.19. The van der Waals surface area contributed by atoms with Crippen molar-refractivity contribution in [3.8, 4) is 0 Å². The molecule has 0 amide bonds. The van der Waals surface area contributed by atoms with Crippen molar-refractivity contribution in [1.82, 2.24) is 0 Å². The van der Waals surface area contributed by atoms with Gasteiger partial charge in [0.2, 0.25) is 0 Å². The Hall–Kier alpha value is -0.770. The Labute approximate surface area is 108 Å². The molecule has 4 heteroatoms. The van der Waals surface area contributed by atoms with Crippen LogP contribution in [0, 0.1) is 11.6 Å². The predicted molar refractivity (Wildman–Crippen MR) is 66.9 cm³/mol. The summed E-state index contributed by atoms with van der Waals surface area (Å²) in [7, 11) is 0. The second-order valence-corrected chi connectivity index (χ2v) is 4.82. The largest absolute Gasteiger partial charge is 0.300 e. The van der Waals surface area contributed by atoms with Crippen LogP contribution >= 0.6 is 15.9 Å². The van der Waals surface area contributed by atoms with Crippen molar-refractivity contribution in [2.24, 2.45) is 0 Å². The molecule has 0 spiro atoms. The van der Waals surface area contributed by atoms with Crippen molar-refractivity contribution in [1.29, 1.82) is 0 Å².